The highest BCUT2D eigenvalue weighted by Crippen LogP contribution is 2.16. The van der Waals surface area contributed by atoms with E-state index in [1.165, 1.54) is 0 Å². The molecule has 0 radical (unpaired) electrons. The lowest BCUT2D eigenvalue weighted by molar-refractivity contribution is 0.0687. The first-order valence-electron chi connectivity index (χ1n) is 7.48. The highest BCUT2D eigenvalue weighted by atomic mass is 16.4. The lowest BCUT2D eigenvalue weighted by Crippen LogP contribution is -2.25. The Morgan fingerprint density at radius 2 is 2.12 bits per heavy atom. The third-order valence-corrected chi connectivity index (χ3v) is 3.64. The Balaban J connectivity index is 1.57. The fraction of sp³-hybridized carbons (Fsp3) is 0.133. The number of fused-ring (bicyclic) bond motifs is 2. The highest BCUT2D eigenvalue weighted by Gasteiger charge is 2.18. The van der Waals surface area contributed by atoms with E-state index in [-0.39, 0.29) is 23.7 Å². The van der Waals surface area contributed by atoms with Crippen LogP contribution in [0.3, 0.4) is 0 Å². The molecule has 0 unspecified atom stereocenters. The zero-order chi connectivity index (χ0) is 18.3. The van der Waals surface area contributed by atoms with Crippen molar-refractivity contribution in [2.24, 2.45) is 0 Å². The average molecular weight is 353 g/mol. The van der Waals surface area contributed by atoms with Crippen LogP contribution in [0.5, 0.6) is 0 Å². The Labute approximate surface area is 144 Å². The SMILES string of the molecule is Cc1nc2cc(CNC(=O)c3cc(C(=O)O)n4nnnc4n3)ccc2o1. The van der Waals surface area contributed by atoms with E-state index in [9.17, 15) is 14.7 Å². The van der Waals surface area contributed by atoms with Gasteiger partial charge in [0.1, 0.15) is 11.2 Å². The molecule has 3 aromatic heterocycles. The number of carboxylic acids is 1. The second-order valence-corrected chi connectivity index (χ2v) is 5.44. The first kappa shape index (κ1) is 15.6. The fourth-order valence-electron chi connectivity index (χ4n) is 2.48. The summed E-state index contributed by atoms with van der Waals surface area (Å²) >= 11 is 0. The monoisotopic (exact) mass is 353 g/mol. The van der Waals surface area contributed by atoms with E-state index in [2.05, 4.69) is 30.8 Å². The second-order valence-electron chi connectivity index (χ2n) is 5.44. The van der Waals surface area contributed by atoms with Crippen LogP contribution in [0, 0.1) is 6.92 Å². The van der Waals surface area contributed by atoms with Gasteiger partial charge in [-0.2, -0.15) is 4.52 Å². The van der Waals surface area contributed by atoms with E-state index < -0.39 is 11.9 Å². The van der Waals surface area contributed by atoms with Crippen molar-refractivity contribution in [3.05, 3.63) is 47.1 Å². The first-order chi connectivity index (χ1) is 12.5. The number of oxazole rings is 1. The molecule has 130 valence electrons. The Bertz CT molecular complexity index is 1160. The van der Waals surface area contributed by atoms with Crippen LogP contribution in [0.4, 0.5) is 0 Å². The van der Waals surface area contributed by atoms with Crippen molar-refractivity contribution in [3.8, 4) is 0 Å². The molecule has 4 aromatic rings. The molecule has 11 heteroatoms. The number of amides is 1. The van der Waals surface area contributed by atoms with Gasteiger partial charge in [-0.25, -0.2) is 14.8 Å². The third-order valence-electron chi connectivity index (χ3n) is 3.64. The number of nitrogens with zero attached hydrogens (tertiary/aromatic N) is 6. The van der Waals surface area contributed by atoms with Crippen LogP contribution in [0.1, 0.15) is 32.4 Å². The molecule has 0 saturated heterocycles. The summed E-state index contributed by atoms with van der Waals surface area (Å²) in [5.74, 6) is -1.34. The fourth-order valence-corrected chi connectivity index (χ4v) is 2.48. The van der Waals surface area contributed by atoms with Crippen molar-refractivity contribution >= 4 is 28.8 Å². The summed E-state index contributed by atoms with van der Waals surface area (Å²) in [6, 6.07) is 6.49. The van der Waals surface area contributed by atoms with Crippen LogP contribution in [-0.2, 0) is 6.54 Å². The van der Waals surface area contributed by atoms with Crippen molar-refractivity contribution in [1.29, 1.82) is 0 Å². The highest BCUT2D eigenvalue weighted by molar-refractivity contribution is 5.95. The molecule has 0 bridgehead atoms. The Hall–Kier alpha value is -3.89. The Morgan fingerprint density at radius 3 is 2.92 bits per heavy atom. The Morgan fingerprint density at radius 1 is 1.27 bits per heavy atom. The van der Waals surface area contributed by atoms with Gasteiger partial charge >= 0.3 is 5.97 Å². The Kier molecular flexibility index (Phi) is 3.53. The number of hydrogen-bond donors (Lipinski definition) is 2. The topological polar surface area (TPSA) is 148 Å². The van der Waals surface area contributed by atoms with Gasteiger partial charge in [-0.05, 0) is 28.1 Å². The van der Waals surface area contributed by atoms with E-state index in [1.54, 1.807) is 25.1 Å². The molecule has 3 heterocycles. The van der Waals surface area contributed by atoms with E-state index in [0.29, 0.717) is 17.0 Å². The molecule has 2 N–H and O–H groups in total. The lowest BCUT2D eigenvalue weighted by Gasteiger charge is -2.06. The molecule has 0 aliphatic rings. The van der Waals surface area contributed by atoms with Crippen LogP contribution >= 0.6 is 0 Å². The number of nitrogens with one attached hydrogen (secondary N) is 1. The zero-order valence-electron chi connectivity index (χ0n) is 13.4. The van der Waals surface area contributed by atoms with E-state index in [4.69, 9.17) is 4.42 Å². The molecule has 4 rings (SSSR count). The number of aromatic carboxylic acids is 1. The molecule has 1 aromatic carbocycles. The van der Waals surface area contributed by atoms with Crippen LogP contribution < -0.4 is 5.32 Å². The second kappa shape index (κ2) is 5.88. The van der Waals surface area contributed by atoms with Gasteiger partial charge in [0.2, 0.25) is 0 Å². The molecular formula is C15H11N7O4. The summed E-state index contributed by atoms with van der Waals surface area (Å²) in [7, 11) is 0. The van der Waals surface area contributed by atoms with Gasteiger partial charge in [0.25, 0.3) is 11.7 Å². The number of rotatable bonds is 4. The van der Waals surface area contributed by atoms with Crippen molar-refractivity contribution in [3.63, 3.8) is 0 Å². The van der Waals surface area contributed by atoms with Gasteiger partial charge in [-0.3, -0.25) is 4.79 Å². The minimum atomic E-state index is -1.27. The number of carboxylic acid groups (broad SMARTS) is 1. The van der Waals surface area contributed by atoms with Crippen LogP contribution in [-0.4, -0.2) is 47.0 Å². The van der Waals surface area contributed by atoms with E-state index in [1.807, 2.05) is 0 Å². The maximum absolute atomic E-state index is 12.3. The molecule has 0 fully saturated rings. The molecular weight excluding hydrogens is 342 g/mol. The molecule has 0 spiro atoms. The van der Waals surface area contributed by atoms with Gasteiger partial charge in [-0.15, -0.1) is 0 Å². The number of carbonyl (C=O) groups excluding carboxylic acids is 1. The number of benzene rings is 1. The van der Waals surface area contributed by atoms with Gasteiger partial charge < -0.3 is 14.8 Å². The third kappa shape index (κ3) is 2.70. The van der Waals surface area contributed by atoms with Crippen molar-refractivity contribution in [2.75, 3.05) is 0 Å². The predicted octanol–water partition coefficient (Wildman–Crippen LogP) is 0.597. The minimum Gasteiger partial charge on any atom is -0.477 e. The number of aromatic nitrogens is 6. The molecule has 26 heavy (non-hydrogen) atoms. The smallest absolute Gasteiger partial charge is 0.354 e. The number of tetrazole rings is 1. The predicted molar refractivity (Wildman–Crippen MR) is 85.5 cm³/mol. The number of hydrogen-bond acceptors (Lipinski definition) is 8. The van der Waals surface area contributed by atoms with Crippen LogP contribution in [0.25, 0.3) is 16.9 Å². The van der Waals surface area contributed by atoms with Crippen LogP contribution in [0.15, 0.2) is 28.7 Å². The molecule has 0 atom stereocenters. The molecule has 0 aliphatic heterocycles. The van der Waals surface area contributed by atoms with Crippen molar-refractivity contribution in [1.82, 2.24) is 35.3 Å². The summed E-state index contributed by atoms with van der Waals surface area (Å²) in [5.41, 5.74) is 1.81. The van der Waals surface area contributed by atoms with Crippen molar-refractivity contribution < 1.29 is 19.1 Å². The molecule has 11 nitrogen and oxygen atoms in total. The van der Waals surface area contributed by atoms with Crippen LogP contribution in [0.2, 0.25) is 0 Å². The summed E-state index contributed by atoms with van der Waals surface area (Å²) in [6.07, 6.45) is 0. The largest absolute Gasteiger partial charge is 0.477 e. The van der Waals surface area contributed by atoms with Gasteiger partial charge in [0, 0.05) is 19.5 Å². The standard InChI is InChI=1S/C15H11N7O4/c1-7-17-9-4-8(2-3-12(9)26-7)6-16-13(23)10-5-11(14(24)25)22-15(18-10)19-20-21-22/h2-5H,6H2,1H3,(H,16,23)(H,24,25). The van der Waals surface area contributed by atoms with Crippen molar-refractivity contribution in [2.45, 2.75) is 13.5 Å². The van der Waals surface area contributed by atoms with Gasteiger partial charge in [0.05, 0.1) is 0 Å². The first-order valence-corrected chi connectivity index (χ1v) is 7.48. The minimum absolute atomic E-state index is 0.0745. The summed E-state index contributed by atoms with van der Waals surface area (Å²) in [5, 5.41) is 22.4. The lowest BCUT2D eigenvalue weighted by atomic mass is 10.2. The summed E-state index contributed by atoms with van der Waals surface area (Å²) < 4.78 is 6.35. The quantitative estimate of drug-likeness (QED) is 0.537. The normalized spacial score (nSPS) is 11.1. The maximum atomic E-state index is 12.3. The number of carbonyl (C=O) groups is 2. The van der Waals surface area contributed by atoms with Gasteiger partial charge in [0.15, 0.2) is 17.2 Å². The summed E-state index contributed by atoms with van der Waals surface area (Å²) in [6.45, 7) is 1.96. The maximum Gasteiger partial charge on any atom is 0.354 e. The molecule has 0 aliphatic carbocycles. The number of aryl methyl sites for hydroxylation is 1. The van der Waals surface area contributed by atoms with Gasteiger partial charge in [-0.1, -0.05) is 11.2 Å². The molecule has 0 saturated carbocycles. The molecule has 1 amide bonds. The summed E-state index contributed by atoms with van der Waals surface area (Å²) in [4.78, 5) is 31.9. The average Bonchev–Trinajstić information content (AvgIpc) is 3.22. The van der Waals surface area contributed by atoms with E-state index >= 15 is 0 Å². The zero-order valence-corrected chi connectivity index (χ0v) is 13.4. The van der Waals surface area contributed by atoms with E-state index in [0.717, 1.165) is 16.1 Å².